The molecule has 0 atom stereocenters. The van der Waals surface area contributed by atoms with Gasteiger partial charge in [-0.25, -0.2) is 0 Å². The van der Waals surface area contributed by atoms with E-state index in [9.17, 15) is 4.79 Å². The number of carbonyl (C=O) groups is 1. The van der Waals surface area contributed by atoms with E-state index in [0.717, 1.165) is 14.1 Å². The van der Waals surface area contributed by atoms with E-state index in [1.165, 1.54) is 0 Å². The van der Waals surface area contributed by atoms with Crippen LogP contribution in [0.3, 0.4) is 0 Å². The number of anilines is 1. The summed E-state index contributed by atoms with van der Waals surface area (Å²) >= 11 is 3.89. The summed E-state index contributed by atoms with van der Waals surface area (Å²) in [4.78, 5) is 12.8. The standard InChI is InChI=1S/C13H13IN2OS/c14-11-5-1-2-6-12(11)15-9-13(17)16-8-10-4-3-7-18-10/h1-7,15H,8-9H2,(H,16,17). The van der Waals surface area contributed by atoms with Gasteiger partial charge >= 0.3 is 0 Å². The Bertz CT molecular complexity index is 513. The fourth-order valence-electron chi connectivity index (χ4n) is 1.44. The maximum atomic E-state index is 11.7. The van der Waals surface area contributed by atoms with Crippen molar-refractivity contribution in [3.63, 3.8) is 0 Å². The second-order valence-corrected chi connectivity index (χ2v) is 5.88. The minimum atomic E-state index is 0.00283. The molecule has 2 rings (SSSR count). The molecule has 0 fully saturated rings. The van der Waals surface area contributed by atoms with Crippen LogP contribution in [0.15, 0.2) is 41.8 Å². The first-order chi connectivity index (χ1) is 8.75. The number of para-hydroxylation sites is 1. The first-order valence-electron chi connectivity index (χ1n) is 5.53. The fourth-order valence-corrected chi connectivity index (χ4v) is 2.66. The van der Waals surface area contributed by atoms with Crippen LogP contribution in [0.4, 0.5) is 5.69 Å². The Morgan fingerprint density at radius 3 is 2.78 bits per heavy atom. The average molecular weight is 372 g/mol. The van der Waals surface area contributed by atoms with Crippen LogP contribution in [0.25, 0.3) is 0 Å². The largest absolute Gasteiger partial charge is 0.375 e. The zero-order chi connectivity index (χ0) is 12.8. The van der Waals surface area contributed by atoms with Crippen LogP contribution in [-0.2, 0) is 11.3 Å². The van der Waals surface area contributed by atoms with Crippen molar-refractivity contribution >= 4 is 45.5 Å². The first kappa shape index (κ1) is 13.4. The van der Waals surface area contributed by atoms with E-state index < -0.39 is 0 Å². The summed E-state index contributed by atoms with van der Waals surface area (Å²) in [7, 11) is 0. The van der Waals surface area contributed by atoms with Crippen LogP contribution in [-0.4, -0.2) is 12.5 Å². The average Bonchev–Trinajstić information content (AvgIpc) is 2.88. The Hall–Kier alpha value is -1.08. The summed E-state index contributed by atoms with van der Waals surface area (Å²) in [5, 5.41) is 8.01. The zero-order valence-corrected chi connectivity index (χ0v) is 12.6. The quantitative estimate of drug-likeness (QED) is 0.793. The summed E-state index contributed by atoms with van der Waals surface area (Å²) < 4.78 is 1.11. The first-order valence-corrected chi connectivity index (χ1v) is 7.49. The molecule has 1 aromatic heterocycles. The lowest BCUT2D eigenvalue weighted by molar-refractivity contribution is -0.119. The van der Waals surface area contributed by atoms with E-state index in [0.29, 0.717) is 13.1 Å². The van der Waals surface area contributed by atoms with Gasteiger partial charge in [-0.2, -0.15) is 0 Å². The molecular formula is C13H13IN2OS. The van der Waals surface area contributed by atoms with Crippen LogP contribution in [0.2, 0.25) is 0 Å². The highest BCUT2D eigenvalue weighted by atomic mass is 127. The SMILES string of the molecule is O=C(CNc1ccccc1I)NCc1cccs1. The molecular weight excluding hydrogens is 359 g/mol. The Kier molecular flexibility index (Phi) is 5.00. The van der Waals surface area contributed by atoms with Crippen molar-refractivity contribution in [3.8, 4) is 0 Å². The molecule has 0 aliphatic carbocycles. The highest BCUT2D eigenvalue weighted by Crippen LogP contribution is 2.16. The van der Waals surface area contributed by atoms with E-state index in [4.69, 9.17) is 0 Å². The summed E-state index contributed by atoms with van der Waals surface area (Å²) in [6.07, 6.45) is 0. The van der Waals surface area contributed by atoms with Crippen molar-refractivity contribution in [2.75, 3.05) is 11.9 Å². The van der Waals surface area contributed by atoms with Crippen LogP contribution in [0.1, 0.15) is 4.88 Å². The third kappa shape index (κ3) is 3.99. The van der Waals surface area contributed by atoms with Crippen molar-refractivity contribution in [2.45, 2.75) is 6.54 Å². The van der Waals surface area contributed by atoms with Gasteiger partial charge in [0.15, 0.2) is 0 Å². The van der Waals surface area contributed by atoms with Crippen molar-refractivity contribution in [1.82, 2.24) is 5.32 Å². The fraction of sp³-hybridized carbons (Fsp3) is 0.154. The van der Waals surface area contributed by atoms with Gasteiger partial charge in [0.1, 0.15) is 0 Å². The third-order valence-corrected chi connectivity index (χ3v) is 4.17. The molecule has 2 N–H and O–H groups in total. The molecule has 0 saturated carbocycles. The highest BCUT2D eigenvalue weighted by Gasteiger charge is 2.03. The molecule has 18 heavy (non-hydrogen) atoms. The minimum Gasteiger partial charge on any atom is -0.375 e. The van der Waals surface area contributed by atoms with Crippen molar-refractivity contribution in [2.24, 2.45) is 0 Å². The molecule has 2 aromatic rings. The topological polar surface area (TPSA) is 41.1 Å². The molecule has 0 radical (unpaired) electrons. The molecule has 0 aliphatic heterocycles. The van der Waals surface area contributed by atoms with Crippen LogP contribution < -0.4 is 10.6 Å². The number of nitrogens with one attached hydrogen (secondary N) is 2. The van der Waals surface area contributed by atoms with Gasteiger partial charge in [0.2, 0.25) is 5.91 Å². The number of hydrogen-bond donors (Lipinski definition) is 2. The smallest absolute Gasteiger partial charge is 0.239 e. The van der Waals surface area contributed by atoms with E-state index in [1.54, 1.807) is 11.3 Å². The van der Waals surface area contributed by atoms with E-state index in [-0.39, 0.29) is 5.91 Å². The van der Waals surface area contributed by atoms with Gasteiger partial charge in [0.25, 0.3) is 0 Å². The monoisotopic (exact) mass is 372 g/mol. The minimum absolute atomic E-state index is 0.00283. The summed E-state index contributed by atoms with van der Waals surface area (Å²) in [6, 6.07) is 11.9. The molecule has 1 aromatic carbocycles. The predicted molar refractivity (Wildman–Crippen MR) is 83.8 cm³/mol. The number of rotatable bonds is 5. The van der Waals surface area contributed by atoms with Gasteiger partial charge in [-0.3, -0.25) is 4.79 Å². The molecule has 1 heterocycles. The van der Waals surface area contributed by atoms with Gasteiger partial charge in [0.05, 0.1) is 13.1 Å². The molecule has 0 saturated heterocycles. The number of halogens is 1. The molecule has 1 amide bonds. The number of benzene rings is 1. The van der Waals surface area contributed by atoms with Crippen LogP contribution >= 0.6 is 33.9 Å². The zero-order valence-electron chi connectivity index (χ0n) is 9.65. The number of carbonyl (C=O) groups excluding carboxylic acids is 1. The Morgan fingerprint density at radius 1 is 1.22 bits per heavy atom. The van der Waals surface area contributed by atoms with Gasteiger partial charge in [0, 0.05) is 14.1 Å². The highest BCUT2D eigenvalue weighted by molar-refractivity contribution is 14.1. The lowest BCUT2D eigenvalue weighted by Gasteiger charge is -2.08. The van der Waals surface area contributed by atoms with Crippen LogP contribution in [0, 0.1) is 3.57 Å². The van der Waals surface area contributed by atoms with E-state index >= 15 is 0 Å². The molecule has 3 nitrogen and oxygen atoms in total. The molecule has 0 spiro atoms. The molecule has 0 aliphatic rings. The lowest BCUT2D eigenvalue weighted by Crippen LogP contribution is -2.29. The second-order valence-electron chi connectivity index (χ2n) is 3.69. The van der Waals surface area contributed by atoms with Crippen molar-refractivity contribution in [1.29, 1.82) is 0 Å². The van der Waals surface area contributed by atoms with Crippen molar-refractivity contribution < 1.29 is 4.79 Å². The molecule has 94 valence electrons. The molecule has 0 bridgehead atoms. The number of thiophene rings is 1. The Labute approximate surface area is 124 Å². The van der Waals surface area contributed by atoms with Crippen molar-refractivity contribution in [3.05, 3.63) is 50.2 Å². The Balaban J connectivity index is 1.77. The van der Waals surface area contributed by atoms with Crippen LogP contribution in [0.5, 0.6) is 0 Å². The van der Waals surface area contributed by atoms with Gasteiger partial charge in [-0.15, -0.1) is 11.3 Å². The molecule has 5 heteroatoms. The number of amides is 1. The van der Waals surface area contributed by atoms with Gasteiger partial charge in [-0.1, -0.05) is 18.2 Å². The maximum absolute atomic E-state index is 11.7. The second kappa shape index (κ2) is 6.75. The normalized spacial score (nSPS) is 10.1. The lowest BCUT2D eigenvalue weighted by atomic mass is 10.3. The van der Waals surface area contributed by atoms with E-state index in [1.807, 2.05) is 41.8 Å². The number of hydrogen-bond acceptors (Lipinski definition) is 3. The molecule has 0 unspecified atom stereocenters. The predicted octanol–water partition coefficient (Wildman–Crippen LogP) is 3.08. The van der Waals surface area contributed by atoms with Gasteiger partial charge < -0.3 is 10.6 Å². The van der Waals surface area contributed by atoms with Gasteiger partial charge in [-0.05, 0) is 46.2 Å². The summed E-state index contributed by atoms with van der Waals surface area (Å²) in [5.74, 6) is 0.00283. The Morgan fingerprint density at radius 2 is 2.06 bits per heavy atom. The third-order valence-electron chi connectivity index (χ3n) is 2.35. The maximum Gasteiger partial charge on any atom is 0.239 e. The summed E-state index contributed by atoms with van der Waals surface area (Å²) in [5.41, 5.74) is 0.990. The summed E-state index contributed by atoms with van der Waals surface area (Å²) in [6.45, 7) is 0.898. The van der Waals surface area contributed by atoms with E-state index in [2.05, 4.69) is 33.2 Å².